The zero-order valence-electron chi connectivity index (χ0n) is 15.3. The molecule has 0 aliphatic heterocycles. The van der Waals surface area contributed by atoms with Gasteiger partial charge in [0.25, 0.3) is 0 Å². The van der Waals surface area contributed by atoms with Crippen LogP contribution in [0.3, 0.4) is 0 Å². The van der Waals surface area contributed by atoms with Crippen molar-refractivity contribution in [2.24, 2.45) is 0 Å². The van der Waals surface area contributed by atoms with E-state index in [9.17, 15) is 9.90 Å². The number of para-hydroxylation sites is 1. The Hall–Kier alpha value is -3.56. The number of hydrogen-bond acceptors (Lipinski definition) is 7. The quantitative estimate of drug-likeness (QED) is 0.428. The molecule has 5 aromatic rings. The molecule has 0 saturated carbocycles. The molecule has 0 aliphatic rings. The van der Waals surface area contributed by atoms with E-state index in [0.29, 0.717) is 11.0 Å². The summed E-state index contributed by atoms with van der Waals surface area (Å²) in [4.78, 5) is 20.3. The Kier molecular flexibility index (Phi) is 4.74. The van der Waals surface area contributed by atoms with Crippen molar-refractivity contribution >= 4 is 39.3 Å². The summed E-state index contributed by atoms with van der Waals surface area (Å²) in [5, 5.41) is 18.6. The molecule has 0 spiro atoms. The van der Waals surface area contributed by atoms with Gasteiger partial charge >= 0.3 is 5.97 Å². The van der Waals surface area contributed by atoms with Crippen LogP contribution in [-0.4, -0.2) is 35.8 Å². The summed E-state index contributed by atoms with van der Waals surface area (Å²) in [5.41, 5.74) is 2.63. The van der Waals surface area contributed by atoms with E-state index in [4.69, 9.17) is 0 Å². The number of pyridine rings is 1. The van der Waals surface area contributed by atoms with Crippen molar-refractivity contribution in [3.8, 4) is 17.2 Å². The first-order chi connectivity index (χ1) is 14.7. The highest BCUT2D eigenvalue weighted by molar-refractivity contribution is 8.01. The number of aromatic nitrogens is 5. The Balaban J connectivity index is 1.59. The summed E-state index contributed by atoms with van der Waals surface area (Å²) in [5.74, 6) is -0.318. The largest absolute Gasteiger partial charge is 0.478 e. The van der Waals surface area contributed by atoms with Gasteiger partial charge in [-0.3, -0.25) is 9.55 Å². The minimum absolute atomic E-state index is 0.243. The van der Waals surface area contributed by atoms with E-state index in [1.54, 1.807) is 24.4 Å². The third-order valence-corrected chi connectivity index (χ3v) is 6.36. The predicted molar refractivity (Wildman–Crippen MR) is 115 cm³/mol. The van der Waals surface area contributed by atoms with Gasteiger partial charge in [-0.15, -0.1) is 21.5 Å². The first kappa shape index (κ1) is 18.5. The van der Waals surface area contributed by atoms with Crippen molar-refractivity contribution < 1.29 is 9.90 Å². The molecule has 0 unspecified atom stereocenters. The van der Waals surface area contributed by atoms with Gasteiger partial charge in [-0.1, -0.05) is 24.3 Å². The van der Waals surface area contributed by atoms with Gasteiger partial charge in [0.15, 0.2) is 10.2 Å². The van der Waals surface area contributed by atoms with Crippen molar-refractivity contribution in [3.63, 3.8) is 0 Å². The van der Waals surface area contributed by atoms with Crippen molar-refractivity contribution in [2.75, 3.05) is 0 Å². The Bertz CT molecular complexity index is 1350. The number of aromatic carboxylic acids is 1. The molecule has 0 radical (unpaired) electrons. The molecule has 0 bridgehead atoms. The molecule has 0 aliphatic carbocycles. The van der Waals surface area contributed by atoms with E-state index in [1.807, 2.05) is 53.1 Å². The van der Waals surface area contributed by atoms with Gasteiger partial charge in [0, 0.05) is 11.9 Å². The van der Waals surface area contributed by atoms with Gasteiger partial charge in [-0.2, -0.15) is 0 Å². The Morgan fingerprint density at radius 3 is 2.60 bits per heavy atom. The maximum atomic E-state index is 11.2. The lowest BCUT2D eigenvalue weighted by Gasteiger charge is -2.08. The fourth-order valence-corrected chi connectivity index (χ4v) is 5.03. The molecular weight excluding hydrogens is 418 g/mol. The molecule has 0 saturated heterocycles. The monoisotopic (exact) mass is 431 g/mol. The van der Waals surface area contributed by atoms with Crippen LogP contribution in [0.15, 0.2) is 82.4 Å². The molecule has 3 aromatic heterocycles. The second kappa shape index (κ2) is 7.69. The highest BCUT2D eigenvalue weighted by Gasteiger charge is 2.19. The smallest absolute Gasteiger partial charge is 0.335 e. The SMILES string of the molecule is O=C(O)c1ccc2nc(Sc3nnc(-c4ccccn4)n3-c3ccccc3)sc2c1. The number of carbonyl (C=O) groups is 1. The lowest BCUT2D eigenvalue weighted by molar-refractivity contribution is 0.0697. The van der Waals surface area contributed by atoms with Crippen molar-refractivity contribution in [1.29, 1.82) is 0 Å². The summed E-state index contributed by atoms with van der Waals surface area (Å²) >= 11 is 2.81. The second-order valence-corrected chi connectivity index (χ2v) is 8.51. The van der Waals surface area contributed by atoms with E-state index < -0.39 is 5.97 Å². The van der Waals surface area contributed by atoms with Crippen LogP contribution in [0.4, 0.5) is 0 Å². The summed E-state index contributed by atoms with van der Waals surface area (Å²) in [7, 11) is 0. The molecule has 0 fully saturated rings. The first-order valence-electron chi connectivity index (χ1n) is 8.93. The first-order valence-corrected chi connectivity index (χ1v) is 10.6. The third kappa shape index (κ3) is 3.44. The van der Waals surface area contributed by atoms with E-state index in [0.717, 1.165) is 25.9 Å². The van der Waals surface area contributed by atoms with E-state index in [2.05, 4.69) is 20.2 Å². The number of nitrogens with zero attached hydrogens (tertiary/aromatic N) is 5. The maximum Gasteiger partial charge on any atom is 0.335 e. The molecule has 0 amide bonds. The molecular formula is C21H13N5O2S2. The van der Waals surface area contributed by atoms with Gasteiger partial charge in [0.1, 0.15) is 5.69 Å². The summed E-state index contributed by atoms with van der Waals surface area (Å²) < 4.78 is 3.51. The minimum Gasteiger partial charge on any atom is -0.478 e. The van der Waals surface area contributed by atoms with E-state index in [-0.39, 0.29) is 5.56 Å². The predicted octanol–water partition coefficient (Wildman–Crippen LogP) is 4.79. The Morgan fingerprint density at radius 2 is 1.83 bits per heavy atom. The zero-order chi connectivity index (χ0) is 20.5. The van der Waals surface area contributed by atoms with Crippen LogP contribution in [0.5, 0.6) is 0 Å². The fourth-order valence-electron chi connectivity index (χ4n) is 2.97. The number of carboxylic acid groups (broad SMARTS) is 1. The topological polar surface area (TPSA) is 93.8 Å². The van der Waals surface area contributed by atoms with Gasteiger partial charge in [0.05, 0.1) is 15.8 Å². The standard InChI is InChI=1S/C21H13N5O2S2/c27-19(28)13-9-10-15-17(12-13)29-21(23-15)30-20-25-24-18(16-8-4-5-11-22-16)26(20)14-6-2-1-3-7-14/h1-12H,(H,27,28). The van der Waals surface area contributed by atoms with Crippen LogP contribution < -0.4 is 0 Å². The molecule has 3 heterocycles. The zero-order valence-corrected chi connectivity index (χ0v) is 17.0. The number of fused-ring (bicyclic) bond motifs is 1. The van der Waals surface area contributed by atoms with Crippen LogP contribution in [0.1, 0.15) is 10.4 Å². The van der Waals surface area contributed by atoms with Crippen molar-refractivity contribution in [3.05, 3.63) is 78.5 Å². The van der Waals surface area contributed by atoms with Crippen LogP contribution in [0.25, 0.3) is 27.4 Å². The summed E-state index contributed by atoms with van der Waals surface area (Å²) in [6, 6.07) is 20.4. The molecule has 0 atom stereocenters. The third-order valence-electron chi connectivity index (χ3n) is 4.34. The number of carboxylic acids is 1. The van der Waals surface area contributed by atoms with E-state index in [1.165, 1.54) is 23.1 Å². The average molecular weight is 432 g/mol. The number of benzene rings is 2. The molecule has 30 heavy (non-hydrogen) atoms. The van der Waals surface area contributed by atoms with Crippen LogP contribution in [-0.2, 0) is 0 Å². The lowest BCUT2D eigenvalue weighted by Crippen LogP contribution is -2.00. The number of hydrogen-bond donors (Lipinski definition) is 1. The van der Waals surface area contributed by atoms with Gasteiger partial charge < -0.3 is 5.11 Å². The van der Waals surface area contributed by atoms with Crippen LogP contribution in [0.2, 0.25) is 0 Å². The average Bonchev–Trinajstić information content (AvgIpc) is 3.38. The minimum atomic E-state index is -0.955. The number of thiazole rings is 1. The number of rotatable bonds is 5. The summed E-state index contributed by atoms with van der Waals surface area (Å²) in [6.45, 7) is 0. The summed E-state index contributed by atoms with van der Waals surface area (Å²) in [6.07, 6.45) is 1.72. The lowest BCUT2D eigenvalue weighted by atomic mass is 10.2. The maximum absolute atomic E-state index is 11.2. The van der Waals surface area contributed by atoms with Gasteiger partial charge in [-0.25, -0.2) is 9.78 Å². The molecule has 2 aromatic carbocycles. The molecule has 9 heteroatoms. The highest BCUT2D eigenvalue weighted by Crippen LogP contribution is 2.36. The van der Waals surface area contributed by atoms with Crippen molar-refractivity contribution in [2.45, 2.75) is 9.50 Å². The van der Waals surface area contributed by atoms with E-state index >= 15 is 0 Å². The van der Waals surface area contributed by atoms with Crippen molar-refractivity contribution in [1.82, 2.24) is 24.7 Å². The normalized spacial score (nSPS) is 11.1. The highest BCUT2D eigenvalue weighted by atomic mass is 32.2. The molecule has 5 rings (SSSR count). The van der Waals surface area contributed by atoms with Gasteiger partial charge in [0.2, 0.25) is 5.16 Å². The fraction of sp³-hybridized carbons (Fsp3) is 0. The Labute approximate surface area is 179 Å². The molecule has 1 N–H and O–H groups in total. The second-order valence-electron chi connectivity index (χ2n) is 6.26. The Morgan fingerprint density at radius 1 is 1.00 bits per heavy atom. The van der Waals surface area contributed by atoms with Gasteiger partial charge in [-0.05, 0) is 54.2 Å². The molecule has 146 valence electrons. The van der Waals surface area contributed by atoms with Crippen LogP contribution in [0, 0.1) is 0 Å². The molecule has 7 nitrogen and oxygen atoms in total. The van der Waals surface area contributed by atoms with Crippen LogP contribution >= 0.6 is 23.1 Å².